The number of halogens is 3. The molecule has 1 aromatic carbocycles. The van der Waals surface area contributed by atoms with Crippen molar-refractivity contribution in [2.24, 2.45) is 0 Å². The summed E-state index contributed by atoms with van der Waals surface area (Å²) in [5.41, 5.74) is -1.80. The quantitative estimate of drug-likeness (QED) is 0.509. The van der Waals surface area contributed by atoms with Crippen LogP contribution >= 0.6 is 11.6 Å². The molecule has 124 valence electrons. The molecule has 10 heteroatoms. The van der Waals surface area contributed by atoms with Gasteiger partial charge in [-0.05, 0) is 18.2 Å². The number of rotatable bonds is 2. The summed E-state index contributed by atoms with van der Waals surface area (Å²) in [7, 11) is -3.86. The molecular formula is C14H8ClF2N3O3S. The maximum Gasteiger partial charge on any atom is 0.256 e. The topological polar surface area (TPSA) is 81.9 Å². The second-order valence-corrected chi connectivity index (χ2v) is 7.15. The van der Waals surface area contributed by atoms with Crippen molar-refractivity contribution in [1.82, 2.24) is 14.5 Å². The van der Waals surface area contributed by atoms with Crippen LogP contribution in [0.25, 0.3) is 16.7 Å². The van der Waals surface area contributed by atoms with E-state index in [9.17, 15) is 22.0 Å². The largest absolute Gasteiger partial charge is 0.269 e. The third-order valence-electron chi connectivity index (χ3n) is 3.18. The smallest absolute Gasteiger partial charge is 0.256 e. The highest BCUT2D eigenvalue weighted by atomic mass is 35.5. The Balaban J connectivity index is 2.55. The normalized spacial score (nSPS) is 11.8. The Bertz CT molecular complexity index is 1130. The van der Waals surface area contributed by atoms with Gasteiger partial charge in [0.15, 0.2) is 5.65 Å². The van der Waals surface area contributed by atoms with E-state index in [1.165, 1.54) is 6.07 Å². The molecule has 0 aliphatic carbocycles. The number of pyridine rings is 1. The van der Waals surface area contributed by atoms with Gasteiger partial charge in [-0.3, -0.25) is 9.36 Å². The van der Waals surface area contributed by atoms with Crippen LogP contribution in [0.1, 0.15) is 0 Å². The molecule has 0 saturated heterocycles. The zero-order chi connectivity index (χ0) is 17.6. The second-order valence-electron chi connectivity index (χ2n) is 4.88. The van der Waals surface area contributed by atoms with Crippen LogP contribution in [0.15, 0.2) is 40.3 Å². The molecular weight excluding hydrogens is 364 g/mol. The Hall–Kier alpha value is -2.39. The first kappa shape index (κ1) is 16.5. The van der Waals surface area contributed by atoms with Crippen LogP contribution in [-0.4, -0.2) is 29.2 Å². The Labute approximate surface area is 139 Å². The van der Waals surface area contributed by atoms with Crippen molar-refractivity contribution >= 4 is 32.5 Å². The molecule has 0 bridgehead atoms. The molecule has 3 aromatic rings. The van der Waals surface area contributed by atoms with Gasteiger partial charge in [-0.1, -0.05) is 17.7 Å². The van der Waals surface area contributed by atoms with Crippen molar-refractivity contribution < 1.29 is 17.2 Å². The Morgan fingerprint density at radius 2 is 1.71 bits per heavy atom. The van der Waals surface area contributed by atoms with E-state index in [0.717, 1.165) is 30.5 Å². The summed E-state index contributed by atoms with van der Waals surface area (Å²) in [4.78, 5) is 19.6. The summed E-state index contributed by atoms with van der Waals surface area (Å²) in [5, 5.41) is -0.840. The van der Waals surface area contributed by atoms with Gasteiger partial charge >= 0.3 is 0 Å². The molecule has 0 spiro atoms. The van der Waals surface area contributed by atoms with Crippen molar-refractivity contribution in [3.63, 3.8) is 0 Å². The number of para-hydroxylation sites is 1. The average molecular weight is 372 g/mol. The molecule has 0 aliphatic rings. The fraction of sp³-hybridized carbons (Fsp3) is 0.0714. The monoisotopic (exact) mass is 371 g/mol. The van der Waals surface area contributed by atoms with E-state index >= 15 is 0 Å². The highest BCUT2D eigenvalue weighted by molar-refractivity contribution is 7.90. The summed E-state index contributed by atoms with van der Waals surface area (Å²) >= 11 is 5.94. The Morgan fingerprint density at radius 1 is 1.08 bits per heavy atom. The minimum atomic E-state index is -3.86. The Morgan fingerprint density at radius 3 is 2.29 bits per heavy atom. The van der Waals surface area contributed by atoms with E-state index in [1.54, 1.807) is 0 Å². The second kappa shape index (κ2) is 5.60. The zero-order valence-electron chi connectivity index (χ0n) is 12.0. The van der Waals surface area contributed by atoms with E-state index in [1.807, 2.05) is 0 Å². The first-order chi connectivity index (χ1) is 11.2. The van der Waals surface area contributed by atoms with Gasteiger partial charge in [0.25, 0.3) is 5.56 Å². The van der Waals surface area contributed by atoms with Crippen molar-refractivity contribution in [3.8, 4) is 5.69 Å². The lowest BCUT2D eigenvalue weighted by Crippen LogP contribution is -2.21. The van der Waals surface area contributed by atoms with Crippen molar-refractivity contribution in [2.75, 3.05) is 6.26 Å². The van der Waals surface area contributed by atoms with Crippen LogP contribution in [0.3, 0.4) is 0 Å². The number of aromatic nitrogens is 3. The molecule has 24 heavy (non-hydrogen) atoms. The fourth-order valence-corrected chi connectivity index (χ4v) is 2.93. The van der Waals surface area contributed by atoms with Gasteiger partial charge in [-0.15, -0.1) is 0 Å². The fourth-order valence-electron chi connectivity index (χ4n) is 2.14. The minimum Gasteiger partial charge on any atom is -0.269 e. The van der Waals surface area contributed by atoms with Gasteiger partial charge < -0.3 is 0 Å². The maximum atomic E-state index is 14.1. The number of hydrogen-bond donors (Lipinski definition) is 0. The van der Waals surface area contributed by atoms with Gasteiger partial charge in [-0.25, -0.2) is 22.2 Å². The van der Waals surface area contributed by atoms with Gasteiger partial charge in [0.2, 0.25) is 15.0 Å². The number of fused-ring (bicyclic) bond motifs is 1. The highest BCUT2D eigenvalue weighted by Gasteiger charge is 2.20. The van der Waals surface area contributed by atoms with Crippen LogP contribution in [0, 0.1) is 11.6 Å². The molecule has 0 radical (unpaired) electrons. The third-order valence-corrected chi connectivity index (χ3v) is 4.31. The molecule has 0 aliphatic heterocycles. The number of hydrogen-bond acceptors (Lipinski definition) is 5. The molecule has 0 amide bonds. The molecule has 2 aromatic heterocycles. The van der Waals surface area contributed by atoms with Crippen LogP contribution in [0.2, 0.25) is 5.15 Å². The van der Waals surface area contributed by atoms with E-state index in [4.69, 9.17) is 11.6 Å². The van der Waals surface area contributed by atoms with Crippen molar-refractivity contribution in [1.29, 1.82) is 0 Å². The average Bonchev–Trinajstić information content (AvgIpc) is 2.48. The van der Waals surface area contributed by atoms with Gasteiger partial charge in [0, 0.05) is 12.3 Å². The summed E-state index contributed by atoms with van der Waals surface area (Å²) in [6, 6.07) is 5.34. The van der Waals surface area contributed by atoms with Crippen LogP contribution in [0.4, 0.5) is 8.78 Å². The van der Waals surface area contributed by atoms with E-state index < -0.39 is 37.9 Å². The van der Waals surface area contributed by atoms with Crippen molar-refractivity contribution in [2.45, 2.75) is 5.16 Å². The van der Waals surface area contributed by atoms with Crippen molar-refractivity contribution in [3.05, 3.63) is 57.5 Å². The zero-order valence-corrected chi connectivity index (χ0v) is 13.6. The maximum absolute atomic E-state index is 14.1. The molecule has 0 fully saturated rings. The van der Waals surface area contributed by atoms with Gasteiger partial charge in [-0.2, -0.15) is 4.98 Å². The first-order valence-corrected chi connectivity index (χ1v) is 8.71. The number of sulfone groups is 1. The van der Waals surface area contributed by atoms with Gasteiger partial charge in [0.1, 0.15) is 22.5 Å². The van der Waals surface area contributed by atoms with Crippen LogP contribution < -0.4 is 5.56 Å². The molecule has 3 rings (SSSR count). The Kier molecular flexibility index (Phi) is 3.84. The lowest BCUT2D eigenvalue weighted by molar-refractivity contribution is 0.568. The lowest BCUT2D eigenvalue weighted by Gasteiger charge is -2.12. The number of benzene rings is 1. The molecule has 0 saturated carbocycles. The van der Waals surface area contributed by atoms with E-state index in [2.05, 4.69) is 9.97 Å². The van der Waals surface area contributed by atoms with E-state index in [-0.39, 0.29) is 16.2 Å². The minimum absolute atomic E-state index is 0.0753. The number of nitrogens with zero attached hydrogens (tertiary/aromatic N) is 3. The summed E-state index contributed by atoms with van der Waals surface area (Å²) < 4.78 is 52.1. The molecule has 2 heterocycles. The third kappa shape index (κ3) is 2.65. The molecule has 6 nitrogen and oxygen atoms in total. The standard InChI is InChI=1S/C14H8ClF2N3O3S/c1-24(22,23)14-18-12(15)7-5-6-10(21)20(13(7)19-14)11-8(16)3-2-4-9(11)17/h2-6H,1H3. The summed E-state index contributed by atoms with van der Waals surface area (Å²) in [6.07, 6.45) is 0.847. The predicted octanol–water partition coefficient (Wildman–Crippen LogP) is 2.12. The first-order valence-electron chi connectivity index (χ1n) is 6.44. The summed E-state index contributed by atoms with van der Waals surface area (Å²) in [6.45, 7) is 0. The summed E-state index contributed by atoms with van der Waals surface area (Å²) in [5.74, 6) is -2.03. The van der Waals surface area contributed by atoms with Crippen LogP contribution in [-0.2, 0) is 9.84 Å². The highest BCUT2D eigenvalue weighted by Crippen LogP contribution is 2.24. The predicted molar refractivity (Wildman–Crippen MR) is 83.2 cm³/mol. The van der Waals surface area contributed by atoms with Crippen LogP contribution in [0.5, 0.6) is 0 Å². The van der Waals surface area contributed by atoms with E-state index in [0.29, 0.717) is 4.57 Å². The molecule has 0 N–H and O–H groups in total. The van der Waals surface area contributed by atoms with Gasteiger partial charge in [0.05, 0.1) is 5.39 Å². The molecule has 0 atom stereocenters. The SMILES string of the molecule is CS(=O)(=O)c1nc(Cl)c2ccc(=O)n(-c3c(F)cccc3F)c2n1. The molecule has 0 unspecified atom stereocenters. The lowest BCUT2D eigenvalue weighted by atomic mass is 10.2.